The number of sulfonamides is 1. The highest BCUT2D eigenvalue weighted by Crippen LogP contribution is 2.35. The van der Waals surface area contributed by atoms with E-state index in [0.717, 1.165) is 103 Å². The number of nitrogens with one attached hydrogen (secondary N) is 2. The summed E-state index contributed by atoms with van der Waals surface area (Å²) in [6.07, 6.45) is 3.22. The molecule has 4 N–H and O–H groups in total. The number of nitrogens with zero attached hydrogens (tertiary/aromatic N) is 8. The van der Waals surface area contributed by atoms with Crippen LogP contribution in [-0.4, -0.2) is 156 Å². The zero-order valence-corrected chi connectivity index (χ0v) is 42.0. The molecule has 9 rings (SSSR count). The van der Waals surface area contributed by atoms with Crippen LogP contribution in [-0.2, 0) is 43.9 Å². The summed E-state index contributed by atoms with van der Waals surface area (Å²) in [5.41, 5.74) is 9.10. The molecule has 0 unspecified atom stereocenters. The molecule has 5 heterocycles. The van der Waals surface area contributed by atoms with Gasteiger partial charge in [0.2, 0.25) is 21.9 Å². The van der Waals surface area contributed by atoms with Gasteiger partial charge in [-0.1, -0.05) is 44.2 Å². The fraction of sp³-hybridized carbons (Fsp3) is 0.396. The first kappa shape index (κ1) is 50.2. The number of anilines is 4. The maximum absolute atomic E-state index is 13.4. The van der Waals surface area contributed by atoms with Crippen LogP contribution in [0.4, 0.5) is 23.0 Å². The third-order valence-corrected chi connectivity index (χ3v) is 14.1. The van der Waals surface area contributed by atoms with Crippen molar-refractivity contribution in [3.63, 3.8) is 0 Å². The van der Waals surface area contributed by atoms with Crippen LogP contribution in [0.15, 0.2) is 97.2 Å². The lowest BCUT2D eigenvalue weighted by Gasteiger charge is -2.36. The Morgan fingerprint density at radius 1 is 0.736 bits per heavy atom. The van der Waals surface area contributed by atoms with Crippen molar-refractivity contribution in [2.75, 3.05) is 107 Å². The van der Waals surface area contributed by atoms with Gasteiger partial charge in [0.1, 0.15) is 11.5 Å². The van der Waals surface area contributed by atoms with E-state index in [1.54, 1.807) is 39.9 Å². The zero-order chi connectivity index (χ0) is 50.4. The summed E-state index contributed by atoms with van der Waals surface area (Å²) in [6.45, 7) is 14.9. The van der Waals surface area contributed by atoms with Gasteiger partial charge in [-0.3, -0.25) is 24.1 Å². The largest absolute Gasteiger partial charge is 0.508 e. The molecule has 3 aliphatic heterocycles. The van der Waals surface area contributed by atoms with Gasteiger partial charge in [-0.25, -0.2) is 17.9 Å². The van der Waals surface area contributed by atoms with Gasteiger partial charge in [0.25, 0.3) is 5.91 Å². The van der Waals surface area contributed by atoms with Gasteiger partial charge >= 0.3 is 0 Å². The molecule has 0 bridgehead atoms. The van der Waals surface area contributed by atoms with E-state index in [0.29, 0.717) is 76.2 Å². The topological polar surface area (TPSA) is 198 Å². The van der Waals surface area contributed by atoms with Crippen LogP contribution < -0.4 is 14.9 Å². The summed E-state index contributed by atoms with van der Waals surface area (Å²) in [4.78, 5) is 41.7. The summed E-state index contributed by atoms with van der Waals surface area (Å²) in [5, 5.41) is 28.8. The Hall–Kier alpha value is -6.77. The molecular weight excluding hydrogens is 937 g/mol. The number of rotatable bonds is 19. The lowest BCUT2D eigenvalue weighted by molar-refractivity contribution is -0.134. The molecular formula is C53H64N10O8S. The van der Waals surface area contributed by atoms with Crippen molar-refractivity contribution >= 4 is 50.4 Å². The SMILES string of the molecule is CC(C)c1cc(C(=O)N2Cc3ccc(CN4CCN(C(=O)CCOCCOCCN5CCN(c6ccc(Nc7ncc8ccc(-c9cccc(NS(C)(=O)=O)c9)n8n7)cc6)CC5)CC4)cc3C2)c(O)cc1O. The van der Waals surface area contributed by atoms with Gasteiger partial charge < -0.3 is 39.7 Å². The summed E-state index contributed by atoms with van der Waals surface area (Å²) < 4.78 is 39.5. The first-order valence-electron chi connectivity index (χ1n) is 24.6. The lowest BCUT2D eigenvalue weighted by Crippen LogP contribution is -2.48. The van der Waals surface area contributed by atoms with E-state index in [-0.39, 0.29) is 34.8 Å². The number of ether oxygens (including phenoxy) is 2. The van der Waals surface area contributed by atoms with Gasteiger partial charge in [0, 0.05) is 107 Å². The van der Waals surface area contributed by atoms with E-state index in [9.17, 15) is 28.2 Å². The van der Waals surface area contributed by atoms with Crippen LogP contribution in [0.3, 0.4) is 0 Å². The highest BCUT2D eigenvalue weighted by Gasteiger charge is 2.28. The second-order valence-corrected chi connectivity index (χ2v) is 20.8. The number of phenolic OH excluding ortho intramolecular Hbond substituents is 2. The van der Waals surface area contributed by atoms with Gasteiger partial charge in [-0.2, -0.15) is 0 Å². The average Bonchev–Trinajstić information content (AvgIpc) is 3.99. The molecule has 380 valence electrons. The van der Waals surface area contributed by atoms with Gasteiger partial charge in [0.15, 0.2) is 0 Å². The molecule has 0 aliphatic carbocycles. The monoisotopic (exact) mass is 1000 g/mol. The summed E-state index contributed by atoms with van der Waals surface area (Å²) in [5.74, 6) is 0.0645. The normalized spacial score (nSPS) is 15.6. The van der Waals surface area contributed by atoms with Crippen LogP contribution in [0, 0.1) is 0 Å². The number of benzene rings is 4. The summed E-state index contributed by atoms with van der Waals surface area (Å²) >= 11 is 0. The number of carbonyl (C=O) groups is 2. The zero-order valence-electron chi connectivity index (χ0n) is 41.2. The minimum Gasteiger partial charge on any atom is -0.508 e. The molecule has 2 aromatic heterocycles. The molecule has 0 saturated carbocycles. The fourth-order valence-electron chi connectivity index (χ4n) is 9.58. The molecule has 2 amide bonds. The van der Waals surface area contributed by atoms with E-state index < -0.39 is 10.0 Å². The summed E-state index contributed by atoms with van der Waals surface area (Å²) in [6, 6.07) is 28.5. The fourth-order valence-corrected chi connectivity index (χ4v) is 10.1. The molecule has 6 aromatic rings. The maximum atomic E-state index is 13.4. The number of piperazine rings is 2. The number of hydrogen-bond donors (Lipinski definition) is 4. The van der Waals surface area contributed by atoms with E-state index in [1.165, 1.54) is 6.07 Å². The Labute approximate surface area is 420 Å². The molecule has 19 heteroatoms. The number of fused-ring (bicyclic) bond motifs is 2. The third kappa shape index (κ3) is 12.5. The molecule has 18 nitrogen and oxygen atoms in total. The number of aromatic nitrogens is 3. The number of aromatic hydroxyl groups is 2. The predicted octanol–water partition coefficient (Wildman–Crippen LogP) is 6.09. The van der Waals surface area contributed by atoms with Crippen LogP contribution in [0.25, 0.3) is 16.8 Å². The van der Waals surface area contributed by atoms with E-state index in [2.05, 4.69) is 60.1 Å². The molecule has 0 radical (unpaired) electrons. The molecule has 2 saturated heterocycles. The standard InChI is InChI=1S/C53H64N10O8S/c1-37(2)46-31-47(50(65)32-49(46)64)52(67)62-35-40-8-7-38(29-41(40)36-62)34-59-18-22-61(23-19-59)51(66)15-25-70-27-28-71-26-24-58-16-20-60(21-17-58)44-11-9-42(10-12-44)55-53-54-33-45-13-14-48(63(45)56-53)39-5-4-6-43(30-39)57-72(3,68)69/h4-14,29-33,37,57,64-65H,15-28,34-36H2,1-3H3,(H,55,56). The number of phenols is 2. The molecule has 72 heavy (non-hydrogen) atoms. The summed E-state index contributed by atoms with van der Waals surface area (Å²) in [7, 11) is -3.41. The smallest absolute Gasteiger partial charge is 0.258 e. The molecule has 3 aliphatic rings. The van der Waals surface area contributed by atoms with Crippen LogP contribution in [0.1, 0.15) is 58.8 Å². The van der Waals surface area contributed by atoms with E-state index >= 15 is 0 Å². The Balaban J connectivity index is 0.622. The highest BCUT2D eigenvalue weighted by atomic mass is 32.2. The van der Waals surface area contributed by atoms with Gasteiger partial charge in [-0.05, 0) is 82.8 Å². The minimum absolute atomic E-state index is 0.00691. The second-order valence-electron chi connectivity index (χ2n) is 19.1. The van der Waals surface area contributed by atoms with E-state index in [1.807, 2.05) is 49.1 Å². The maximum Gasteiger partial charge on any atom is 0.258 e. The van der Waals surface area contributed by atoms with Crippen LogP contribution >= 0.6 is 0 Å². The van der Waals surface area contributed by atoms with Crippen molar-refractivity contribution < 1.29 is 37.7 Å². The Bertz CT molecular complexity index is 2990. The third-order valence-electron chi connectivity index (χ3n) is 13.5. The number of hydrogen-bond acceptors (Lipinski definition) is 14. The van der Waals surface area contributed by atoms with Crippen molar-refractivity contribution in [1.82, 2.24) is 34.2 Å². The van der Waals surface area contributed by atoms with Crippen molar-refractivity contribution in [2.24, 2.45) is 0 Å². The lowest BCUT2D eigenvalue weighted by atomic mass is 9.98. The van der Waals surface area contributed by atoms with Crippen LogP contribution in [0.2, 0.25) is 0 Å². The molecule has 2 fully saturated rings. The van der Waals surface area contributed by atoms with E-state index in [4.69, 9.17) is 14.6 Å². The Morgan fingerprint density at radius 2 is 1.47 bits per heavy atom. The molecule has 4 aromatic carbocycles. The number of carbonyl (C=O) groups excluding carboxylic acids is 2. The first-order chi connectivity index (χ1) is 34.7. The Morgan fingerprint density at radius 3 is 2.22 bits per heavy atom. The first-order valence-corrected chi connectivity index (χ1v) is 26.5. The second kappa shape index (κ2) is 22.3. The van der Waals surface area contributed by atoms with Crippen molar-refractivity contribution in [3.05, 3.63) is 125 Å². The molecule has 0 spiro atoms. The molecule has 0 atom stereocenters. The quantitative estimate of drug-likeness (QED) is 0.0681. The van der Waals surface area contributed by atoms with Crippen molar-refractivity contribution in [1.29, 1.82) is 0 Å². The van der Waals surface area contributed by atoms with Crippen molar-refractivity contribution in [2.45, 2.75) is 45.8 Å². The van der Waals surface area contributed by atoms with Gasteiger partial charge in [0.05, 0.1) is 62.1 Å². The Kier molecular flexibility index (Phi) is 15.6. The van der Waals surface area contributed by atoms with Gasteiger partial charge in [-0.15, -0.1) is 5.10 Å². The predicted molar refractivity (Wildman–Crippen MR) is 277 cm³/mol. The highest BCUT2D eigenvalue weighted by molar-refractivity contribution is 7.92. The van der Waals surface area contributed by atoms with Crippen molar-refractivity contribution in [3.8, 4) is 22.8 Å². The number of amides is 2. The average molecular weight is 1000 g/mol. The minimum atomic E-state index is -3.41. The van der Waals surface area contributed by atoms with Crippen LogP contribution in [0.5, 0.6) is 11.5 Å².